The van der Waals surface area contributed by atoms with E-state index in [4.69, 9.17) is 27.2 Å². The molecule has 1 aromatic rings. The second kappa shape index (κ2) is 5.00. The van der Waals surface area contributed by atoms with E-state index in [0.29, 0.717) is 10.8 Å². The van der Waals surface area contributed by atoms with Crippen molar-refractivity contribution in [1.29, 1.82) is 0 Å². The van der Waals surface area contributed by atoms with Crippen molar-refractivity contribution in [3.8, 4) is 5.75 Å². The number of aliphatic carboxylic acids is 1. The van der Waals surface area contributed by atoms with E-state index in [1.807, 2.05) is 0 Å². The normalized spacial score (nSPS) is 12.2. The molecule has 1 rings (SSSR count). The lowest BCUT2D eigenvalue weighted by atomic mass is 10.1. The van der Waals surface area contributed by atoms with Gasteiger partial charge in [0.25, 0.3) is 0 Å². The van der Waals surface area contributed by atoms with Gasteiger partial charge in [-0.2, -0.15) is 0 Å². The van der Waals surface area contributed by atoms with Crippen molar-refractivity contribution < 1.29 is 14.6 Å². The minimum absolute atomic E-state index is 0.253. The minimum atomic E-state index is -1.02. The number of carboxylic acid groups (broad SMARTS) is 1. The molecule has 0 amide bonds. The molecule has 5 heteroatoms. The molecule has 15 heavy (non-hydrogen) atoms. The first-order valence-corrected chi connectivity index (χ1v) is 4.73. The van der Waals surface area contributed by atoms with Crippen LogP contribution in [0, 0.1) is 0 Å². The second-order valence-electron chi connectivity index (χ2n) is 3.12. The molecule has 0 aliphatic carbocycles. The molecule has 0 bridgehead atoms. The lowest BCUT2D eigenvalue weighted by Gasteiger charge is -2.08. The predicted molar refractivity (Wildman–Crippen MR) is 57.3 cm³/mol. The van der Waals surface area contributed by atoms with E-state index in [-0.39, 0.29) is 6.42 Å². The Morgan fingerprint density at radius 3 is 2.87 bits per heavy atom. The zero-order valence-corrected chi connectivity index (χ0v) is 8.99. The molecule has 0 saturated carbocycles. The van der Waals surface area contributed by atoms with Crippen molar-refractivity contribution >= 4 is 17.6 Å². The van der Waals surface area contributed by atoms with Crippen LogP contribution in [0.25, 0.3) is 0 Å². The van der Waals surface area contributed by atoms with Crippen molar-refractivity contribution in [2.75, 3.05) is 7.11 Å². The Labute approximate surface area is 92.6 Å². The van der Waals surface area contributed by atoms with Crippen LogP contribution in [0.5, 0.6) is 5.75 Å². The van der Waals surface area contributed by atoms with Crippen LogP contribution in [0.1, 0.15) is 5.56 Å². The topological polar surface area (TPSA) is 72.5 Å². The number of ether oxygens (including phenoxy) is 1. The number of methoxy groups -OCH3 is 1. The standard InChI is InChI=1S/C10H12ClNO3/c1-15-9-5-6(2-3-7(9)11)4-8(12)10(13)14/h2-3,5,8H,4,12H2,1H3,(H,13,14)/t8-/m1/s1. The summed E-state index contributed by atoms with van der Waals surface area (Å²) in [5, 5.41) is 9.13. The number of carbonyl (C=O) groups is 1. The maximum Gasteiger partial charge on any atom is 0.320 e. The van der Waals surface area contributed by atoms with Crippen LogP contribution in [0.3, 0.4) is 0 Å². The van der Waals surface area contributed by atoms with Crippen LogP contribution in [-0.2, 0) is 11.2 Å². The fraction of sp³-hybridized carbons (Fsp3) is 0.300. The van der Waals surface area contributed by atoms with Gasteiger partial charge in [-0.3, -0.25) is 4.79 Å². The SMILES string of the molecule is COc1cc(C[C@@H](N)C(=O)O)ccc1Cl. The van der Waals surface area contributed by atoms with E-state index in [2.05, 4.69) is 0 Å². The summed E-state index contributed by atoms with van der Waals surface area (Å²) >= 11 is 5.82. The molecule has 0 radical (unpaired) electrons. The second-order valence-corrected chi connectivity index (χ2v) is 3.52. The molecular formula is C10H12ClNO3. The first-order chi connectivity index (χ1) is 7.04. The van der Waals surface area contributed by atoms with Crippen LogP contribution in [-0.4, -0.2) is 24.2 Å². The van der Waals surface area contributed by atoms with Gasteiger partial charge in [0.05, 0.1) is 12.1 Å². The third kappa shape index (κ3) is 3.11. The third-order valence-corrected chi connectivity index (χ3v) is 2.30. The highest BCUT2D eigenvalue weighted by Gasteiger charge is 2.13. The zero-order valence-electron chi connectivity index (χ0n) is 8.24. The van der Waals surface area contributed by atoms with Crippen LogP contribution in [0.15, 0.2) is 18.2 Å². The maximum atomic E-state index is 10.5. The van der Waals surface area contributed by atoms with E-state index in [1.54, 1.807) is 18.2 Å². The Morgan fingerprint density at radius 2 is 2.33 bits per heavy atom. The molecule has 0 aromatic heterocycles. The van der Waals surface area contributed by atoms with Gasteiger partial charge in [-0.1, -0.05) is 17.7 Å². The van der Waals surface area contributed by atoms with E-state index in [9.17, 15) is 4.79 Å². The molecule has 0 saturated heterocycles. The van der Waals surface area contributed by atoms with Crippen LogP contribution < -0.4 is 10.5 Å². The quantitative estimate of drug-likeness (QED) is 0.817. The van der Waals surface area contributed by atoms with Gasteiger partial charge in [0.15, 0.2) is 0 Å². The first-order valence-electron chi connectivity index (χ1n) is 4.35. The van der Waals surface area contributed by atoms with Crippen molar-refractivity contribution in [2.45, 2.75) is 12.5 Å². The number of benzene rings is 1. The van der Waals surface area contributed by atoms with E-state index in [1.165, 1.54) is 7.11 Å². The van der Waals surface area contributed by atoms with E-state index in [0.717, 1.165) is 5.56 Å². The van der Waals surface area contributed by atoms with Crippen molar-refractivity contribution in [2.24, 2.45) is 5.73 Å². The maximum absolute atomic E-state index is 10.5. The number of hydrogen-bond donors (Lipinski definition) is 2. The average molecular weight is 230 g/mol. The summed E-state index contributed by atoms with van der Waals surface area (Å²) in [6, 6.07) is 4.17. The zero-order chi connectivity index (χ0) is 11.4. The molecule has 0 aliphatic rings. The Bertz CT molecular complexity index is 368. The lowest BCUT2D eigenvalue weighted by molar-refractivity contribution is -0.138. The molecule has 0 fully saturated rings. The molecule has 0 aliphatic heterocycles. The molecule has 0 heterocycles. The summed E-state index contributed by atoms with van der Waals surface area (Å²) in [7, 11) is 1.50. The van der Waals surface area contributed by atoms with Gasteiger partial charge in [0.2, 0.25) is 0 Å². The molecule has 1 atom stereocenters. The number of nitrogens with two attached hydrogens (primary N) is 1. The summed E-state index contributed by atoms with van der Waals surface area (Å²) in [5.74, 6) is -0.504. The van der Waals surface area contributed by atoms with Gasteiger partial charge >= 0.3 is 5.97 Å². The highest BCUT2D eigenvalue weighted by molar-refractivity contribution is 6.32. The Balaban J connectivity index is 2.83. The molecule has 1 aromatic carbocycles. The van der Waals surface area contributed by atoms with Crippen LogP contribution >= 0.6 is 11.6 Å². The highest BCUT2D eigenvalue weighted by atomic mass is 35.5. The molecule has 82 valence electrons. The fourth-order valence-electron chi connectivity index (χ4n) is 1.17. The van der Waals surface area contributed by atoms with E-state index >= 15 is 0 Å². The number of halogens is 1. The molecule has 4 nitrogen and oxygen atoms in total. The Hall–Kier alpha value is -1.26. The molecule has 0 spiro atoms. The Kier molecular flexibility index (Phi) is 3.94. The number of hydrogen-bond acceptors (Lipinski definition) is 3. The minimum Gasteiger partial charge on any atom is -0.495 e. The van der Waals surface area contributed by atoms with Gasteiger partial charge in [-0.05, 0) is 24.1 Å². The number of carboxylic acids is 1. The van der Waals surface area contributed by atoms with Crippen molar-refractivity contribution in [3.63, 3.8) is 0 Å². The summed E-state index contributed by atoms with van der Waals surface area (Å²) in [5.41, 5.74) is 6.19. The highest BCUT2D eigenvalue weighted by Crippen LogP contribution is 2.25. The van der Waals surface area contributed by atoms with Crippen LogP contribution in [0.2, 0.25) is 5.02 Å². The molecular weight excluding hydrogens is 218 g/mol. The summed E-state index contributed by atoms with van der Waals surface area (Å²) in [4.78, 5) is 10.5. The third-order valence-electron chi connectivity index (χ3n) is 1.99. The van der Waals surface area contributed by atoms with Crippen molar-refractivity contribution in [3.05, 3.63) is 28.8 Å². The summed E-state index contributed by atoms with van der Waals surface area (Å²) in [6.07, 6.45) is 0.253. The van der Waals surface area contributed by atoms with Gasteiger partial charge in [0.1, 0.15) is 11.8 Å². The predicted octanol–water partition coefficient (Wildman–Crippen LogP) is 1.30. The molecule has 3 N–H and O–H groups in total. The fourth-order valence-corrected chi connectivity index (χ4v) is 1.37. The van der Waals surface area contributed by atoms with Crippen molar-refractivity contribution in [1.82, 2.24) is 0 Å². The smallest absolute Gasteiger partial charge is 0.320 e. The Morgan fingerprint density at radius 1 is 1.67 bits per heavy atom. The summed E-state index contributed by atoms with van der Waals surface area (Å²) < 4.78 is 5.01. The van der Waals surface area contributed by atoms with Crippen LogP contribution in [0.4, 0.5) is 0 Å². The van der Waals surface area contributed by atoms with Gasteiger partial charge in [-0.25, -0.2) is 0 Å². The van der Waals surface area contributed by atoms with Gasteiger partial charge < -0.3 is 15.6 Å². The molecule has 0 unspecified atom stereocenters. The number of rotatable bonds is 4. The van der Waals surface area contributed by atoms with Gasteiger partial charge in [0, 0.05) is 0 Å². The van der Waals surface area contributed by atoms with E-state index < -0.39 is 12.0 Å². The first kappa shape index (κ1) is 11.8. The van der Waals surface area contributed by atoms with Gasteiger partial charge in [-0.15, -0.1) is 0 Å². The monoisotopic (exact) mass is 229 g/mol. The summed E-state index contributed by atoms with van der Waals surface area (Å²) in [6.45, 7) is 0. The lowest BCUT2D eigenvalue weighted by Crippen LogP contribution is -2.32. The largest absolute Gasteiger partial charge is 0.495 e. The average Bonchev–Trinajstić information content (AvgIpc) is 2.20.